The Hall–Kier alpha value is -1.35. The summed E-state index contributed by atoms with van der Waals surface area (Å²) in [7, 11) is 0. The van der Waals surface area contributed by atoms with E-state index in [-0.39, 0.29) is 5.91 Å². The van der Waals surface area contributed by atoms with Crippen LogP contribution in [0.1, 0.15) is 31.2 Å². The molecule has 1 rings (SSSR count). The Morgan fingerprint density at radius 3 is 2.47 bits per heavy atom. The van der Waals surface area contributed by atoms with Gasteiger partial charge in [0.25, 0.3) is 0 Å². The summed E-state index contributed by atoms with van der Waals surface area (Å²) in [6, 6.07) is 10.5. The molecule has 0 aliphatic heterocycles. The number of benzene rings is 1. The van der Waals surface area contributed by atoms with E-state index in [1.807, 2.05) is 6.07 Å². The normalized spacial score (nSPS) is 10.4. The number of unbranched alkanes of at least 4 members (excludes halogenated alkanes) is 1. The Balaban J connectivity index is 1.90. The first-order chi connectivity index (χ1) is 8.29. The Labute approximate surface area is 103 Å². The zero-order valence-electron chi connectivity index (χ0n) is 10.3. The van der Waals surface area contributed by atoms with Crippen molar-refractivity contribution < 1.29 is 4.79 Å². The second-order valence-electron chi connectivity index (χ2n) is 4.26. The van der Waals surface area contributed by atoms with Gasteiger partial charge in [0.05, 0.1) is 0 Å². The molecule has 0 atom stereocenters. The molecule has 0 saturated carbocycles. The molecule has 1 aromatic rings. The lowest BCUT2D eigenvalue weighted by molar-refractivity contribution is -0.118. The highest BCUT2D eigenvalue weighted by Gasteiger charge is 1.94. The van der Waals surface area contributed by atoms with Crippen molar-refractivity contribution in [2.45, 2.75) is 32.1 Å². The zero-order valence-corrected chi connectivity index (χ0v) is 10.3. The first-order valence-corrected chi connectivity index (χ1v) is 6.32. The molecule has 0 bridgehead atoms. The summed E-state index contributed by atoms with van der Waals surface area (Å²) < 4.78 is 0. The predicted octanol–water partition coefficient (Wildman–Crippen LogP) is 1.86. The quantitative estimate of drug-likeness (QED) is 0.641. The number of carbonyl (C=O) groups is 1. The van der Waals surface area contributed by atoms with E-state index in [2.05, 4.69) is 29.6 Å². The van der Waals surface area contributed by atoms with Crippen LogP contribution in [0.5, 0.6) is 0 Å². The van der Waals surface area contributed by atoms with Crippen molar-refractivity contribution in [3.8, 4) is 0 Å². The minimum Gasteiger partial charge on any atom is -0.370 e. The van der Waals surface area contributed by atoms with Gasteiger partial charge in [-0.25, -0.2) is 0 Å². The van der Waals surface area contributed by atoms with Gasteiger partial charge in [-0.05, 0) is 44.3 Å². The molecule has 3 nitrogen and oxygen atoms in total. The fraction of sp³-hybridized carbons (Fsp3) is 0.500. The van der Waals surface area contributed by atoms with Crippen LogP contribution in [0.3, 0.4) is 0 Å². The summed E-state index contributed by atoms with van der Waals surface area (Å²) in [5.41, 5.74) is 6.45. The summed E-state index contributed by atoms with van der Waals surface area (Å²) in [6.07, 6.45) is 4.69. The molecule has 0 aromatic heterocycles. The maximum atomic E-state index is 10.5. The highest BCUT2D eigenvalue weighted by molar-refractivity contribution is 5.73. The number of rotatable bonds is 9. The summed E-state index contributed by atoms with van der Waals surface area (Å²) >= 11 is 0. The van der Waals surface area contributed by atoms with Crippen LogP contribution in [-0.2, 0) is 11.2 Å². The number of carbonyl (C=O) groups excluding carboxylic acids is 1. The first-order valence-electron chi connectivity index (χ1n) is 6.32. The summed E-state index contributed by atoms with van der Waals surface area (Å²) in [5.74, 6) is -0.200. The molecule has 0 fully saturated rings. The van der Waals surface area contributed by atoms with Gasteiger partial charge in [0.15, 0.2) is 0 Å². The molecule has 0 spiro atoms. The molecule has 0 saturated heterocycles. The van der Waals surface area contributed by atoms with Crippen molar-refractivity contribution in [3.05, 3.63) is 35.9 Å². The minimum absolute atomic E-state index is 0.200. The van der Waals surface area contributed by atoms with Gasteiger partial charge >= 0.3 is 0 Å². The molecule has 1 aromatic carbocycles. The SMILES string of the molecule is NC(=O)CCCCNCCCc1ccccc1. The number of nitrogens with two attached hydrogens (primary N) is 1. The fourth-order valence-electron chi connectivity index (χ4n) is 1.74. The first kappa shape index (κ1) is 13.7. The number of aryl methyl sites for hydroxylation is 1. The second kappa shape index (κ2) is 8.76. The monoisotopic (exact) mass is 234 g/mol. The van der Waals surface area contributed by atoms with Gasteiger partial charge in [-0.1, -0.05) is 30.3 Å². The third kappa shape index (κ3) is 7.53. The van der Waals surface area contributed by atoms with Crippen molar-refractivity contribution >= 4 is 5.91 Å². The lowest BCUT2D eigenvalue weighted by Crippen LogP contribution is -2.18. The molecule has 1 amide bonds. The van der Waals surface area contributed by atoms with Gasteiger partial charge in [-0.2, -0.15) is 0 Å². The number of nitrogens with one attached hydrogen (secondary N) is 1. The summed E-state index contributed by atoms with van der Waals surface area (Å²) in [5, 5.41) is 3.38. The van der Waals surface area contributed by atoms with Gasteiger partial charge in [0.1, 0.15) is 0 Å². The summed E-state index contributed by atoms with van der Waals surface area (Å²) in [6.45, 7) is 2.01. The molecule has 17 heavy (non-hydrogen) atoms. The minimum atomic E-state index is -0.200. The van der Waals surface area contributed by atoms with Gasteiger partial charge in [-0.15, -0.1) is 0 Å². The van der Waals surface area contributed by atoms with Gasteiger partial charge in [0.2, 0.25) is 5.91 Å². The van der Waals surface area contributed by atoms with E-state index in [9.17, 15) is 4.79 Å². The molecule has 94 valence electrons. The largest absolute Gasteiger partial charge is 0.370 e. The van der Waals surface area contributed by atoms with Crippen molar-refractivity contribution in [1.29, 1.82) is 0 Å². The summed E-state index contributed by atoms with van der Waals surface area (Å²) in [4.78, 5) is 10.5. The van der Waals surface area contributed by atoms with Crippen LogP contribution < -0.4 is 11.1 Å². The lowest BCUT2D eigenvalue weighted by Gasteiger charge is -2.04. The molecule has 0 aliphatic rings. The Bertz CT molecular complexity index is 311. The average Bonchev–Trinajstić information content (AvgIpc) is 2.33. The van der Waals surface area contributed by atoms with Crippen LogP contribution in [0.25, 0.3) is 0 Å². The van der Waals surface area contributed by atoms with E-state index in [0.717, 1.165) is 38.8 Å². The van der Waals surface area contributed by atoms with Crippen LogP contribution in [-0.4, -0.2) is 19.0 Å². The van der Waals surface area contributed by atoms with Crippen molar-refractivity contribution in [2.24, 2.45) is 5.73 Å². The van der Waals surface area contributed by atoms with Crippen LogP contribution in [0.2, 0.25) is 0 Å². The van der Waals surface area contributed by atoms with Crippen LogP contribution in [0, 0.1) is 0 Å². The van der Waals surface area contributed by atoms with E-state index < -0.39 is 0 Å². The highest BCUT2D eigenvalue weighted by atomic mass is 16.1. The Morgan fingerprint density at radius 2 is 1.76 bits per heavy atom. The maximum Gasteiger partial charge on any atom is 0.217 e. The fourth-order valence-corrected chi connectivity index (χ4v) is 1.74. The molecular weight excluding hydrogens is 212 g/mol. The van der Waals surface area contributed by atoms with Crippen molar-refractivity contribution in [1.82, 2.24) is 5.32 Å². The molecular formula is C14H22N2O. The molecule has 3 heteroatoms. The standard InChI is InChI=1S/C14H22N2O/c15-14(17)10-4-5-11-16-12-6-9-13-7-2-1-3-8-13/h1-3,7-8,16H,4-6,9-12H2,(H2,15,17). The average molecular weight is 234 g/mol. The van der Waals surface area contributed by atoms with Gasteiger partial charge in [0, 0.05) is 6.42 Å². The van der Waals surface area contributed by atoms with E-state index in [4.69, 9.17) is 5.73 Å². The van der Waals surface area contributed by atoms with Gasteiger partial charge < -0.3 is 11.1 Å². The molecule has 0 aliphatic carbocycles. The van der Waals surface area contributed by atoms with E-state index in [1.54, 1.807) is 0 Å². The Kier molecular flexibility index (Phi) is 7.07. The van der Waals surface area contributed by atoms with E-state index in [1.165, 1.54) is 5.56 Å². The number of primary amides is 1. The number of hydrogen-bond acceptors (Lipinski definition) is 2. The van der Waals surface area contributed by atoms with Crippen LogP contribution >= 0.6 is 0 Å². The third-order valence-corrected chi connectivity index (χ3v) is 2.69. The van der Waals surface area contributed by atoms with Crippen molar-refractivity contribution in [3.63, 3.8) is 0 Å². The molecule has 3 N–H and O–H groups in total. The maximum absolute atomic E-state index is 10.5. The molecule has 0 heterocycles. The number of amides is 1. The lowest BCUT2D eigenvalue weighted by atomic mass is 10.1. The molecule has 0 radical (unpaired) electrons. The molecule has 0 unspecified atom stereocenters. The van der Waals surface area contributed by atoms with Crippen LogP contribution in [0.15, 0.2) is 30.3 Å². The Morgan fingerprint density at radius 1 is 1.06 bits per heavy atom. The predicted molar refractivity (Wildman–Crippen MR) is 70.7 cm³/mol. The number of hydrogen-bond donors (Lipinski definition) is 2. The third-order valence-electron chi connectivity index (χ3n) is 2.69. The second-order valence-corrected chi connectivity index (χ2v) is 4.26. The van der Waals surface area contributed by atoms with E-state index >= 15 is 0 Å². The smallest absolute Gasteiger partial charge is 0.217 e. The van der Waals surface area contributed by atoms with Crippen LogP contribution in [0.4, 0.5) is 0 Å². The van der Waals surface area contributed by atoms with Gasteiger partial charge in [-0.3, -0.25) is 4.79 Å². The van der Waals surface area contributed by atoms with E-state index in [0.29, 0.717) is 6.42 Å². The highest BCUT2D eigenvalue weighted by Crippen LogP contribution is 2.01. The zero-order chi connectivity index (χ0) is 12.3. The van der Waals surface area contributed by atoms with Crippen molar-refractivity contribution in [2.75, 3.05) is 13.1 Å². The topological polar surface area (TPSA) is 55.1 Å².